The molecule has 0 spiro atoms. The van der Waals surface area contributed by atoms with E-state index in [0.717, 1.165) is 12.2 Å². The molecule has 3 heteroatoms. The van der Waals surface area contributed by atoms with E-state index in [1.165, 1.54) is 24.8 Å². The van der Waals surface area contributed by atoms with Crippen LogP contribution >= 0.6 is 11.8 Å². The molecule has 88 valence electrons. The summed E-state index contributed by atoms with van der Waals surface area (Å²) in [6.07, 6.45) is 6.99. The van der Waals surface area contributed by atoms with Crippen molar-refractivity contribution >= 4 is 11.8 Å². The molecule has 2 rings (SSSR count). The summed E-state index contributed by atoms with van der Waals surface area (Å²) >= 11 is 1.84. The highest BCUT2D eigenvalue weighted by Gasteiger charge is 2.12. The van der Waals surface area contributed by atoms with Crippen LogP contribution in [0.2, 0.25) is 0 Å². The van der Waals surface area contributed by atoms with Crippen molar-refractivity contribution in [2.75, 3.05) is 12.0 Å². The Bertz CT molecular complexity index is 352. The topological polar surface area (TPSA) is 38.0 Å². The Hall–Kier alpha value is -0.510. The van der Waals surface area contributed by atoms with E-state index >= 15 is 0 Å². The van der Waals surface area contributed by atoms with Crippen LogP contribution < -0.4 is 11.3 Å². The first kappa shape index (κ1) is 12.0. The Labute approximate surface area is 102 Å². The summed E-state index contributed by atoms with van der Waals surface area (Å²) in [5.41, 5.74) is 7.41. The second-order valence-electron chi connectivity index (χ2n) is 4.48. The first-order valence-corrected chi connectivity index (χ1v) is 7.28. The maximum Gasteiger partial charge on any atom is 0.0341 e. The van der Waals surface area contributed by atoms with E-state index in [9.17, 15) is 0 Å². The van der Waals surface area contributed by atoms with Crippen LogP contribution in [0.15, 0.2) is 18.2 Å². The van der Waals surface area contributed by atoms with Gasteiger partial charge in [0.25, 0.3) is 0 Å². The van der Waals surface area contributed by atoms with E-state index in [0.29, 0.717) is 6.04 Å². The van der Waals surface area contributed by atoms with Gasteiger partial charge in [0, 0.05) is 11.8 Å². The lowest BCUT2D eigenvalue weighted by Gasteiger charge is -2.15. The fraction of sp³-hybridized carbons (Fsp3) is 0.538. The van der Waals surface area contributed by atoms with Gasteiger partial charge in [-0.3, -0.25) is 11.3 Å². The number of fused-ring (bicyclic) bond motifs is 1. The molecule has 0 amide bonds. The van der Waals surface area contributed by atoms with Gasteiger partial charge in [0.05, 0.1) is 0 Å². The fourth-order valence-electron chi connectivity index (χ4n) is 2.40. The summed E-state index contributed by atoms with van der Waals surface area (Å²) in [6, 6.07) is 7.31. The van der Waals surface area contributed by atoms with E-state index in [1.54, 1.807) is 11.1 Å². The molecule has 1 aromatic rings. The fourth-order valence-corrected chi connectivity index (χ4v) is 3.02. The van der Waals surface area contributed by atoms with Crippen LogP contribution in [0.5, 0.6) is 0 Å². The number of thioether (sulfide) groups is 1. The third-order valence-electron chi connectivity index (χ3n) is 3.25. The smallest absolute Gasteiger partial charge is 0.0341 e. The molecule has 3 N–H and O–H groups in total. The van der Waals surface area contributed by atoms with Gasteiger partial charge in [-0.2, -0.15) is 11.8 Å². The van der Waals surface area contributed by atoms with Gasteiger partial charge >= 0.3 is 0 Å². The van der Waals surface area contributed by atoms with Crippen LogP contribution in [0.3, 0.4) is 0 Å². The van der Waals surface area contributed by atoms with Gasteiger partial charge in [0.15, 0.2) is 0 Å². The molecular formula is C13H20N2S. The normalized spacial score (nSPS) is 16.1. The van der Waals surface area contributed by atoms with Gasteiger partial charge < -0.3 is 0 Å². The maximum atomic E-state index is 5.56. The van der Waals surface area contributed by atoms with Gasteiger partial charge in [0.1, 0.15) is 0 Å². The molecule has 0 aliphatic heterocycles. The minimum Gasteiger partial charge on any atom is -0.271 e. The predicted octanol–water partition coefficient (Wildman–Crippen LogP) is 1.91. The van der Waals surface area contributed by atoms with Crippen LogP contribution in [-0.4, -0.2) is 18.1 Å². The molecular weight excluding hydrogens is 216 g/mol. The van der Waals surface area contributed by atoms with Crippen molar-refractivity contribution in [3.05, 3.63) is 34.9 Å². The van der Waals surface area contributed by atoms with E-state index in [1.807, 2.05) is 11.8 Å². The van der Waals surface area contributed by atoms with Crippen molar-refractivity contribution in [2.45, 2.75) is 31.7 Å². The zero-order valence-corrected chi connectivity index (χ0v) is 10.6. The molecule has 1 aliphatic rings. The molecule has 0 radical (unpaired) electrons. The maximum absolute atomic E-state index is 5.56. The zero-order valence-electron chi connectivity index (χ0n) is 9.83. The van der Waals surface area contributed by atoms with Gasteiger partial charge in [0.2, 0.25) is 0 Å². The lowest BCUT2D eigenvalue weighted by atomic mass is 10.0. The van der Waals surface area contributed by atoms with Crippen molar-refractivity contribution < 1.29 is 0 Å². The first-order valence-electron chi connectivity index (χ1n) is 5.89. The highest BCUT2D eigenvalue weighted by Crippen LogP contribution is 2.23. The van der Waals surface area contributed by atoms with Gasteiger partial charge in [-0.25, -0.2) is 0 Å². The molecule has 1 aromatic carbocycles. The van der Waals surface area contributed by atoms with Gasteiger partial charge in [-0.05, 0) is 48.6 Å². The lowest BCUT2D eigenvalue weighted by molar-refractivity contribution is 0.575. The van der Waals surface area contributed by atoms with Crippen molar-refractivity contribution in [1.29, 1.82) is 0 Å². The molecule has 0 bridgehead atoms. The number of benzene rings is 1. The summed E-state index contributed by atoms with van der Waals surface area (Å²) in [6.45, 7) is 0. The Balaban J connectivity index is 2.04. The standard InChI is InChI=1S/C13H20N2S/c1-16-9-13(15-14)8-10-5-6-11-3-2-4-12(11)7-10/h5-7,13,15H,2-4,8-9,14H2,1H3. The zero-order chi connectivity index (χ0) is 11.4. The van der Waals surface area contributed by atoms with Crippen molar-refractivity contribution in [1.82, 2.24) is 5.43 Å². The molecule has 1 atom stereocenters. The summed E-state index contributed by atoms with van der Waals surface area (Å²) in [4.78, 5) is 0. The van der Waals surface area contributed by atoms with E-state index in [4.69, 9.17) is 5.84 Å². The predicted molar refractivity (Wildman–Crippen MR) is 71.7 cm³/mol. The SMILES string of the molecule is CSCC(Cc1ccc2c(c1)CCC2)NN. The minimum atomic E-state index is 0.384. The molecule has 0 fully saturated rings. The highest BCUT2D eigenvalue weighted by atomic mass is 32.2. The molecule has 2 nitrogen and oxygen atoms in total. The number of hydrogen-bond acceptors (Lipinski definition) is 3. The second-order valence-corrected chi connectivity index (χ2v) is 5.39. The van der Waals surface area contributed by atoms with Crippen LogP contribution in [0.1, 0.15) is 23.1 Å². The van der Waals surface area contributed by atoms with E-state index < -0.39 is 0 Å². The summed E-state index contributed by atoms with van der Waals surface area (Å²) in [7, 11) is 0. The molecule has 0 heterocycles. The number of aryl methyl sites for hydroxylation is 2. The molecule has 1 aliphatic carbocycles. The summed E-state index contributed by atoms with van der Waals surface area (Å²) in [5, 5.41) is 0. The molecule has 0 saturated heterocycles. The quantitative estimate of drug-likeness (QED) is 0.606. The Morgan fingerprint density at radius 1 is 1.38 bits per heavy atom. The number of hydrogen-bond donors (Lipinski definition) is 2. The van der Waals surface area contributed by atoms with E-state index in [-0.39, 0.29) is 0 Å². The van der Waals surface area contributed by atoms with Crippen LogP contribution in [-0.2, 0) is 19.3 Å². The van der Waals surface area contributed by atoms with Crippen LogP contribution in [0, 0.1) is 0 Å². The third-order valence-corrected chi connectivity index (χ3v) is 3.98. The van der Waals surface area contributed by atoms with Crippen LogP contribution in [0.25, 0.3) is 0 Å². The number of nitrogens with one attached hydrogen (secondary N) is 1. The second kappa shape index (κ2) is 5.71. The molecule has 0 aromatic heterocycles. The lowest BCUT2D eigenvalue weighted by Crippen LogP contribution is -2.38. The average molecular weight is 236 g/mol. The molecule has 1 unspecified atom stereocenters. The number of rotatable bonds is 5. The Kier molecular flexibility index (Phi) is 4.27. The van der Waals surface area contributed by atoms with Gasteiger partial charge in [-0.1, -0.05) is 18.2 Å². The summed E-state index contributed by atoms with van der Waals surface area (Å²) in [5.74, 6) is 6.62. The van der Waals surface area contributed by atoms with Crippen molar-refractivity contribution in [2.24, 2.45) is 5.84 Å². The number of nitrogens with two attached hydrogens (primary N) is 1. The monoisotopic (exact) mass is 236 g/mol. The first-order chi connectivity index (χ1) is 7.83. The minimum absolute atomic E-state index is 0.384. The third kappa shape index (κ3) is 2.78. The molecule has 0 saturated carbocycles. The highest BCUT2D eigenvalue weighted by molar-refractivity contribution is 7.98. The molecule has 16 heavy (non-hydrogen) atoms. The Morgan fingerprint density at radius 3 is 2.94 bits per heavy atom. The van der Waals surface area contributed by atoms with Crippen LogP contribution in [0.4, 0.5) is 0 Å². The largest absolute Gasteiger partial charge is 0.271 e. The number of hydrazine groups is 1. The Morgan fingerprint density at radius 2 is 2.19 bits per heavy atom. The summed E-state index contributed by atoms with van der Waals surface area (Å²) < 4.78 is 0. The average Bonchev–Trinajstić information content (AvgIpc) is 2.75. The van der Waals surface area contributed by atoms with E-state index in [2.05, 4.69) is 29.9 Å². The van der Waals surface area contributed by atoms with Gasteiger partial charge in [-0.15, -0.1) is 0 Å². The van der Waals surface area contributed by atoms with Crippen molar-refractivity contribution in [3.63, 3.8) is 0 Å². The van der Waals surface area contributed by atoms with Crippen molar-refractivity contribution in [3.8, 4) is 0 Å².